The van der Waals surface area contributed by atoms with E-state index in [1.165, 1.54) is 41.3 Å². The number of nitrogens with zero attached hydrogens (tertiary/aromatic N) is 1. The number of carbonyl (C=O) groups is 2. The minimum Gasteiger partial charge on any atom is -0.484 e. The first-order valence-corrected chi connectivity index (χ1v) is 15.4. The fourth-order valence-corrected chi connectivity index (χ4v) is 5.42. The molecule has 8 nitrogen and oxygen atoms in total. The number of anilines is 1. The number of halogens is 2. The van der Waals surface area contributed by atoms with Gasteiger partial charge in [-0.05, 0) is 78.2 Å². The highest BCUT2D eigenvalue weighted by Gasteiger charge is 2.31. The predicted octanol–water partition coefficient (Wildman–Crippen LogP) is 5.96. The van der Waals surface area contributed by atoms with E-state index in [9.17, 15) is 22.4 Å². The molecule has 0 saturated carbocycles. The van der Waals surface area contributed by atoms with E-state index in [-0.39, 0.29) is 28.8 Å². The zero-order valence-electron chi connectivity index (χ0n) is 23.4. The van der Waals surface area contributed by atoms with Gasteiger partial charge in [0.2, 0.25) is 5.91 Å². The van der Waals surface area contributed by atoms with E-state index >= 15 is 0 Å². The van der Waals surface area contributed by atoms with Gasteiger partial charge in [-0.1, -0.05) is 61.0 Å². The van der Waals surface area contributed by atoms with Crippen LogP contribution in [0.15, 0.2) is 108 Å². The molecule has 0 radical (unpaired) electrons. The van der Waals surface area contributed by atoms with Crippen LogP contribution in [0.2, 0.25) is 5.02 Å². The van der Waals surface area contributed by atoms with Gasteiger partial charge in [0.1, 0.15) is 17.6 Å². The van der Waals surface area contributed by atoms with Crippen LogP contribution in [-0.2, 0) is 26.2 Å². The van der Waals surface area contributed by atoms with Gasteiger partial charge in [0.15, 0.2) is 6.61 Å². The Morgan fingerprint density at radius 3 is 2.19 bits per heavy atom. The molecule has 4 rings (SSSR count). The van der Waals surface area contributed by atoms with Crippen molar-refractivity contribution in [2.45, 2.75) is 30.8 Å². The summed E-state index contributed by atoms with van der Waals surface area (Å²) in [6.45, 7) is 2.10. The minimum atomic E-state index is -3.94. The van der Waals surface area contributed by atoms with Crippen molar-refractivity contribution in [3.63, 3.8) is 0 Å². The highest BCUT2D eigenvalue weighted by molar-refractivity contribution is 7.92. The van der Waals surface area contributed by atoms with E-state index < -0.39 is 34.4 Å². The Morgan fingerprint density at radius 1 is 0.907 bits per heavy atom. The van der Waals surface area contributed by atoms with Crippen LogP contribution in [0.5, 0.6) is 5.75 Å². The van der Waals surface area contributed by atoms with E-state index in [2.05, 4.69) is 10.0 Å². The van der Waals surface area contributed by atoms with E-state index in [1.807, 2.05) is 13.0 Å². The third-order valence-corrected chi connectivity index (χ3v) is 8.05. The normalized spacial score (nSPS) is 11.8. The average Bonchev–Trinajstić information content (AvgIpc) is 3.01. The summed E-state index contributed by atoms with van der Waals surface area (Å²) >= 11 is 6.06. The molecule has 0 aliphatic heterocycles. The van der Waals surface area contributed by atoms with E-state index in [0.29, 0.717) is 17.1 Å². The molecule has 0 heterocycles. The molecular formula is C32H31ClFN3O5S. The lowest BCUT2D eigenvalue weighted by atomic mass is 10.0. The third kappa shape index (κ3) is 8.79. The van der Waals surface area contributed by atoms with Crippen molar-refractivity contribution in [3.05, 3.63) is 125 Å². The van der Waals surface area contributed by atoms with Crippen molar-refractivity contribution in [2.75, 3.05) is 17.9 Å². The Hall–Kier alpha value is -4.41. The van der Waals surface area contributed by atoms with Gasteiger partial charge in [0.05, 0.1) is 4.90 Å². The zero-order valence-corrected chi connectivity index (χ0v) is 24.9. The van der Waals surface area contributed by atoms with Crippen LogP contribution in [0.4, 0.5) is 10.1 Å². The van der Waals surface area contributed by atoms with Gasteiger partial charge in [0.25, 0.3) is 15.9 Å². The summed E-state index contributed by atoms with van der Waals surface area (Å²) in [5, 5.41) is 3.44. The number of rotatable bonds is 13. The molecule has 4 aromatic rings. The lowest BCUT2D eigenvalue weighted by molar-refractivity contribution is -0.143. The van der Waals surface area contributed by atoms with Gasteiger partial charge in [-0.3, -0.25) is 14.3 Å². The standard InChI is InChI=1S/C32H31ClFN3O5S/c1-2-20-35-32(39)31(24-6-4-3-5-7-24)37(21-23-8-10-25(33)11-9-23)30(38)22-42-28-16-18-29(19-17-28)43(40,41)36-27-14-12-26(34)13-15-27/h3-19,31,36H,2,20-22H2,1H3,(H,35,39). The first-order chi connectivity index (χ1) is 20.7. The van der Waals surface area contributed by atoms with E-state index in [1.54, 1.807) is 48.5 Å². The molecule has 11 heteroatoms. The maximum Gasteiger partial charge on any atom is 0.261 e. The summed E-state index contributed by atoms with van der Waals surface area (Å²) in [4.78, 5) is 28.5. The fourth-order valence-electron chi connectivity index (χ4n) is 4.24. The molecule has 224 valence electrons. The van der Waals surface area contributed by atoms with Crippen LogP contribution in [0.1, 0.15) is 30.5 Å². The van der Waals surface area contributed by atoms with E-state index in [0.717, 1.165) is 24.1 Å². The van der Waals surface area contributed by atoms with Crippen LogP contribution >= 0.6 is 11.6 Å². The number of benzene rings is 4. The first kappa shape index (κ1) is 31.5. The van der Waals surface area contributed by atoms with Gasteiger partial charge >= 0.3 is 0 Å². The second-order valence-corrected chi connectivity index (χ2v) is 11.7. The Bertz CT molecular complexity index is 1620. The van der Waals surface area contributed by atoms with Crippen LogP contribution in [0, 0.1) is 5.82 Å². The molecule has 4 aromatic carbocycles. The summed E-state index contributed by atoms with van der Waals surface area (Å²) in [6, 6.07) is 25.6. The summed E-state index contributed by atoms with van der Waals surface area (Å²) in [7, 11) is -3.94. The fraction of sp³-hybridized carbons (Fsp3) is 0.188. The molecule has 0 aliphatic rings. The molecule has 2 amide bonds. The molecule has 1 atom stereocenters. The van der Waals surface area contributed by atoms with Crippen molar-refractivity contribution < 1.29 is 27.1 Å². The van der Waals surface area contributed by atoms with Crippen LogP contribution in [0.25, 0.3) is 0 Å². The second kappa shape index (κ2) is 14.7. The van der Waals surface area contributed by atoms with Crippen LogP contribution in [-0.4, -0.2) is 38.3 Å². The van der Waals surface area contributed by atoms with Gasteiger partial charge < -0.3 is 15.0 Å². The molecule has 0 spiro atoms. The summed E-state index contributed by atoms with van der Waals surface area (Å²) in [5.74, 6) is -1.00. The highest BCUT2D eigenvalue weighted by Crippen LogP contribution is 2.25. The average molecular weight is 624 g/mol. The Balaban J connectivity index is 1.53. The van der Waals surface area contributed by atoms with Gasteiger partial charge in [0, 0.05) is 23.8 Å². The zero-order chi connectivity index (χ0) is 30.8. The highest BCUT2D eigenvalue weighted by atomic mass is 35.5. The maximum absolute atomic E-state index is 13.7. The lowest BCUT2D eigenvalue weighted by Gasteiger charge is -2.31. The molecule has 0 aliphatic carbocycles. The van der Waals surface area contributed by atoms with Crippen molar-refractivity contribution in [2.24, 2.45) is 0 Å². The minimum absolute atomic E-state index is 0.0448. The SMILES string of the molecule is CCCNC(=O)C(c1ccccc1)N(Cc1ccc(Cl)cc1)C(=O)COc1ccc(S(=O)(=O)Nc2ccc(F)cc2)cc1. The number of carbonyl (C=O) groups excluding carboxylic acids is 2. The van der Waals surface area contributed by atoms with Crippen molar-refractivity contribution in [1.82, 2.24) is 10.2 Å². The number of hydrogen-bond donors (Lipinski definition) is 2. The summed E-state index contributed by atoms with van der Waals surface area (Å²) in [5.41, 5.74) is 1.62. The molecule has 2 N–H and O–H groups in total. The number of sulfonamides is 1. The topological polar surface area (TPSA) is 105 Å². The molecule has 0 fully saturated rings. The first-order valence-electron chi connectivity index (χ1n) is 13.5. The summed E-state index contributed by atoms with van der Waals surface area (Å²) < 4.78 is 46.8. The molecule has 0 bridgehead atoms. The quantitative estimate of drug-likeness (QED) is 0.191. The second-order valence-electron chi connectivity index (χ2n) is 9.62. The molecule has 0 aromatic heterocycles. The number of nitrogens with one attached hydrogen (secondary N) is 2. The van der Waals surface area contributed by atoms with Gasteiger partial charge in [-0.15, -0.1) is 0 Å². The molecule has 1 unspecified atom stereocenters. The third-order valence-electron chi connectivity index (χ3n) is 6.40. The molecular weight excluding hydrogens is 593 g/mol. The van der Waals surface area contributed by atoms with Gasteiger partial charge in [-0.25, -0.2) is 12.8 Å². The number of ether oxygens (including phenoxy) is 1. The van der Waals surface area contributed by atoms with Crippen molar-refractivity contribution >= 4 is 39.1 Å². The van der Waals surface area contributed by atoms with Gasteiger partial charge in [-0.2, -0.15) is 0 Å². The van der Waals surface area contributed by atoms with Crippen molar-refractivity contribution in [1.29, 1.82) is 0 Å². The maximum atomic E-state index is 13.7. The Labute approximate surface area is 255 Å². The number of hydrogen-bond acceptors (Lipinski definition) is 5. The van der Waals surface area contributed by atoms with E-state index in [4.69, 9.17) is 16.3 Å². The monoisotopic (exact) mass is 623 g/mol. The lowest BCUT2D eigenvalue weighted by Crippen LogP contribution is -2.45. The predicted molar refractivity (Wildman–Crippen MR) is 164 cm³/mol. The summed E-state index contributed by atoms with van der Waals surface area (Å²) in [6.07, 6.45) is 0.729. The molecule has 43 heavy (non-hydrogen) atoms. The molecule has 0 saturated heterocycles. The number of amides is 2. The van der Waals surface area contributed by atoms with Crippen LogP contribution in [0.3, 0.4) is 0 Å². The largest absolute Gasteiger partial charge is 0.484 e. The van der Waals surface area contributed by atoms with Crippen molar-refractivity contribution in [3.8, 4) is 5.75 Å². The smallest absolute Gasteiger partial charge is 0.261 e. The Morgan fingerprint density at radius 2 is 1.56 bits per heavy atom. The van der Waals surface area contributed by atoms with Crippen LogP contribution < -0.4 is 14.8 Å². The Kier molecular flexibility index (Phi) is 10.7.